The summed E-state index contributed by atoms with van der Waals surface area (Å²) in [6.45, 7) is -0.325. The lowest BCUT2D eigenvalue weighted by Gasteiger charge is -2.25. The fraction of sp³-hybridized carbons (Fsp3) is 0.371. The van der Waals surface area contributed by atoms with Gasteiger partial charge in [-0.3, -0.25) is 28.3 Å². The monoisotopic (exact) mass is 990 g/mol. The number of hydrogen-bond donors (Lipinski definition) is 8. The van der Waals surface area contributed by atoms with Gasteiger partial charge in [0.15, 0.2) is 0 Å². The van der Waals surface area contributed by atoms with Crippen molar-refractivity contribution >= 4 is 54.8 Å². The molecule has 9 N–H and O–H groups in total. The number of nitrogens with two attached hydrogens (primary N) is 1. The van der Waals surface area contributed by atoms with Gasteiger partial charge < -0.3 is 46.0 Å². The first-order valence-electron chi connectivity index (χ1n) is 17.6. The largest absolute Gasteiger partial charge is 0.469 e. The molecule has 1 aliphatic heterocycles. The second kappa shape index (κ2) is 19.0. The Kier molecular flexibility index (Phi) is 15.3. The number of ether oxygens (including phenoxy) is 1. The van der Waals surface area contributed by atoms with E-state index in [4.69, 9.17) is 25.3 Å². The van der Waals surface area contributed by atoms with Crippen LogP contribution in [0.2, 0.25) is 0 Å². The molecule has 62 heavy (non-hydrogen) atoms. The molecule has 0 unspecified atom stereocenters. The number of alkyl halides is 7. The van der Waals surface area contributed by atoms with E-state index in [1.54, 1.807) is 0 Å². The van der Waals surface area contributed by atoms with Gasteiger partial charge in [-0.2, -0.15) is 30.7 Å². The number of benzene rings is 3. The third-order valence-corrected chi connectivity index (χ3v) is 11.7. The molecule has 3 aromatic carbocycles. The topological polar surface area (TPSA) is 279 Å². The molecular formula is C35H36BrF7N6O11P2. The minimum absolute atomic E-state index is 0.00291. The summed E-state index contributed by atoms with van der Waals surface area (Å²) < 4.78 is 126. The lowest BCUT2D eigenvalue weighted by atomic mass is 9.99. The highest BCUT2D eigenvalue weighted by Crippen LogP contribution is 2.60. The van der Waals surface area contributed by atoms with Crippen molar-refractivity contribution in [2.24, 2.45) is 16.0 Å². The molecular weight excluding hydrogens is 955 g/mol. The third-order valence-electron chi connectivity index (χ3n) is 9.30. The molecule has 0 aliphatic carbocycles. The molecule has 27 heteroatoms. The van der Waals surface area contributed by atoms with E-state index in [1.807, 2.05) is 0 Å². The zero-order chi connectivity index (χ0) is 46.6. The third kappa shape index (κ3) is 11.9. The highest BCUT2D eigenvalue weighted by molar-refractivity contribution is 9.10. The molecule has 0 spiro atoms. The van der Waals surface area contributed by atoms with Gasteiger partial charge in [-0.25, -0.2) is 0 Å². The van der Waals surface area contributed by atoms with Crippen molar-refractivity contribution in [3.63, 3.8) is 0 Å². The first kappa shape index (κ1) is 50.0. The van der Waals surface area contributed by atoms with Crippen LogP contribution >= 0.6 is 31.1 Å². The fourth-order valence-electron chi connectivity index (χ4n) is 5.79. The van der Waals surface area contributed by atoms with Gasteiger partial charge in [-0.05, 0) is 41.3 Å². The van der Waals surface area contributed by atoms with Crippen molar-refractivity contribution < 1.29 is 83.4 Å². The Bertz CT molecular complexity index is 2290. The van der Waals surface area contributed by atoms with E-state index in [0.29, 0.717) is 24.3 Å². The summed E-state index contributed by atoms with van der Waals surface area (Å²) in [4.78, 5) is 88.7. The number of esters is 1. The minimum Gasteiger partial charge on any atom is -0.469 e. The van der Waals surface area contributed by atoms with E-state index >= 15 is 0 Å². The molecule has 0 fully saturated rings. The number of primary amides is 1. The number of rotatable bonds is 20. The summed E-state index contributed by atoms with van der Waals surface area (Å²) in [5.41, 5.74) is -8.78. The van der Waals surface area contributed by atoms with Crippen LogP contribution in [0.3, 0.4) is 0 Å². The normalized spacial score (nSPS) is 15.6. The van der Waals surface area contributed by atoms with Gasteiger partial charge in [0.25, 0.3) is 0 Å². The predicted molar refractivity (Wildman–Crippen MR) is 204 cm³/mol. The van der Waals surface area contributed by atoms with Crippen LogP contribution in [0.5, 0.6) is 0 Å². The minimum atomic E-state index is -5.99. The summed E-state index contributed by atoms with van der Waals surface area (Å²) in [6.07, 6.45) is -6.68. The van der Waals surface area contributed by atoms with Crippen LogP contribution in [0, 0.1) is 0 Å². The van der Waals surface area contributed by atoms with Gasteiger partial charge in [0.1, 0.15) is 12.1 Å². The Labute approximate surface area is 354 Å². The maximum atomic E-state index is 14.4. The highest BCUT2D eigenvalue weighted by atomic mass is 79.9. The highest BCUT2D eigenvalue weighted by Gasteiger charge is 2.65. The van der Waals surface area contributed by atoms with Crippen LogP contribution < -0.4 is 21.7 Å². The number of amides is 3. The number of methoxy groups -OCH3 is 1. The number of nitrogens with one attached hydrogen (secondary N) is 3. The van der Waals surface area contributed by atoms with Crippen molar-refractivity contribution in [1.29, 1.82) is 0 Å². The van der Waals surface area contributed by atoms with Gasteiger partial charge in [0, 0.05) is 47.0 Å². The van der Waals surface area contributed by atoms with Crippen LogP contribution in [-0.2, 0) is 69.4 Å². The Morgan fingerprint density at radius 3 is 1.61 bits per heavy atom. The van der Waals surface area contributed by atoms with E-state index in [0.717, 1.165) is 43.5 Å². The molecule has 338 valence electrons. The second-order valence-corrected chi connectivity index (χ2v) is 18.0. The van der Waals surface area contributed by atoms with Crippen molar-refractivity contribution in [1.82, 2.24) is 16.0 Å². The Morgan fingerprint density at radius 1 is 0.742 bits per heavy atom. The Hall–Kier alpha value is -4.61. The average molecular weight is 992 g/mol. The average Bonchev–Trinajstić information content (AvgIpc) is 4.00. The number of carbonyl (C=O) groups is 4. The summed E-state index contributed by atoms with van der Waals surface area (Å²) >= 11 is 3.13. The van der Waals surface area contributed by atoms with E-state index in [9.17, 15) is 59.0 Å². The molecule has 0 bridgehead atoms. The lowest BCUT2D eigenvalue weighted by molar-refractivity contribution is -0.166. The van der Waals surface area contributed by atoms with Crippen molar-refractivity contribution in [3.05, 3.63) is 105 Å². The first-order valence-corrected chi connectivity index (χ1v) is 21.6. The molecule has 3 amide bonds. The molecule has 3 aromatic rings. The van der Waals surface area contributed by atoms with Crippen LogP contribution in [0.1, 0.15) is 46.2 Å². The zero-order valence-corrected chi connectivity index (χ0v) is 35.0. The van der Waals surface area contributed by atoms with Crippen LogP contribution in [0.4, 0.5) is 30.7 Å². The Balaban J connectivity index is 1.63. The van der Waals surface area contributed by atoms with Crippen LogP contribution in [0.15, 0.2) is 81.4 Å². The van der Waals surface area contributed by atoms with E-state index in [2.05, 4.69) is 46.8 Å². The maximum Gasteiger partial charge on any atom is 0.442 e. The summed E-state index contributed by atoms with van der Waals surface area (Å²) in [7, 11) is -10.9. The zero-order valence-electron chi connectivity index (χ0n) is 31.7. The van der Waals surface area contributed by atoms with Gasteiger partial charge in [0.2, 0.25) is 17.7 Å². The first-order chi connectivity index (χ1) is 28.5. The molecule has 1 heterocycles. The van der Waals surface area contributed by atoms with E-state index in [1.165, 1.54) is 6.07 Å². The molecule has 0 aromatic heterocycles. The predicted octanol–water partition coefficient (Wildman–Crippen LogP) is 4.44. The van der Waals surface area contributed by atoms with Crippen molar-refractivity contribution in [3.8, 4) is 0 Å². The smallest absolute Gasteiger partial charge is 0.442 e. The summed E-state index contributed by atoms with van der Waals surface area (Å²) in [6, 6.07) is 5.34. The van der Waals surface area contributed by atoms with Gasteiger partial charge in [0.05, 0.1) is 13.2 Å². The van der Waals surface area contributed by atoms with E-state index in [-0.39, 0.29) is 39.7 Å². The quantitative estimate of drug-likeness (QED) is 0.0444. The number of nitrogens with zero attached hydrogens (tertiary/aromatic N) is 2. The SMILES string of the molecule is COC(=O)CC[C@H](NCc1cc(Br)cc(C2(C(F)(F)F)N=N2)c1)C(=O)N[C@@H](Cc1ccc(C(F)(F)P(=O)(O)O)cc1)C(=O)N[C@@H](Cc1ccc(C(F)(F)P(=O)(O)O)cc1)C(N)=O. The molecule has 4 rings (SSSR count). The summed E-state index contributed by atoms with van der Waals surface area (Å²) in [5.74, 6) is -4.16. The molecule has 0 saturated carbocycles. The van der Waals surface area contributed by atoms with Crippen LogP contribution in [0.25, 0.3) is 0 Å². The molecule has 17 nitrogen and oxygen atoms in total. The second-order valence-electron chi connectivity index (χ2n) is 13.8. The van der Waals surface area contributed by atoms with Crippen molar-refractivity contribution in [2.75, 3.05) is 7.11 Å². The fourth-order valence-corrected chi connectivity index (χ4v) is 7.31. The van der Waals surface area contributed by atoms with Gasteiger partial charge in [-0.15, -0.1) is 10.2 Å². The molecule has 0 radical (unpaired) electrons. The standard InChI is InChI=1S/C35H36BrF7N6O11P2/c1-60-28(50)11-10-25(45-17-20-12-23(16-24(36)13-20)32(48-49-32)35(41,42)43)30(52)47-27(15-19-4-8-22(9-5-19)34(39,40)62(57,58)59)31(53)46-26(29(44)51)14-18-2-6-21(7-3-18)33(37,38)61(54,55)56/h2-9,12-13,16,25-27,45H,10-11,14-15,17H2,1H3,(H2,44,51)(H,46,53)(H,47,52)(H2,54,55,56)(H2,57,58,59)/t25-,26-,27-/m0/s1. The Morgan fingerprint density at radius 2 is 1.19 bits per heavy atom. The van der Waals surface area contributed by atoms with Crippen molar-refractivity contribution in [2.45, 2.75) is 73.5 Å². The number of carbonyl (C=O) groups excluding carboxylic acids is 4. The van der Waals surface area contributed by atoms with Gasteiger partial charge >= 0.3 is 44.3 Å². The molecule has 3 atom stereocenters. The number of halogens is 8. The van der Waals surface area contributed by atoms with E-state index < -0.39 is 111 Å². The maximum absolute atomic E-state index is 14.4. The van der Waals surface area contributed by atoms with Crippen LogP contribution in [-0.4, -0.2) is 74.7 Å². The molecule has 1 aliphatic rings. The lowest BCUT2D eigenvalue weighted by Crippen LogP contribution is -2.57. The summed E-state index contributed by atoms with van der Waals surface area (Å²) in [5, 5.41) is 13.8. The van der Waals surface area contributed by atoms with Gasteiger partial charge in [-0.1, -0.05) is 64.5 Å². The number of hydrogen-bond acceptors (Lipinski definition) is 10. The molecule has 0 saturated heterocycles.